The van der Waals surface area contributed by atoms with E-state index in [1.54, 1.807) is 4.90 Å². The number of aliphatic carboxylic acids is 1. The first kappa shape index (κ1) is 15.8. The molecule has 0 aromatic carbocycles. The van der Waals surface area contributed by atoms with Gasteiger partial charge in [0.1, 0.15) is 5.60 Å². The van der Waals surface area contributed by atoms with Gasteiger partial charge >= 0.3 is 12.1 Å². The second-order valence-electron chi connectivity index (χ2n) is 6.22. The lowest BCUT2D eigenvalue weighted by molar-refractivity contribution is -0.137. The molecular formula is C14H25NO4. The van der Waals surface area contributed by atoms with Gasteiger partial charge in [-0.2, -0.15) is 0 Å². The van der Waals surface area contributed by atoms with Crippen LogP contribution in [0, 0.1) is 5.92 Å². The topological polar surface area (TPSA) is 66.8 Å². The summed E-state index contributed by atoms with van der Waals surface area (Å²) >= 11 is 0. The lowest BCUT2D eigenvalue weighted by Crippen LogP contribution is -2.42. The van der Waals surface area contributed by atoms with Crippen molar-refractivity contribution in [1.82, 2.24) is 4.90 Å². The van der Waals surface area contributed by atoms with Gasteiger partial charge in [-0.1, -0.05) is 0 Å². The van der Waals surface area contributed by atoms with Crippen molar-refractivity contribution in [3.63, 3.8) is 0 Å². The number of ether oxygens (including phenoxy) is 1. The summed E-state index contributed by atoms with van der Waals surface area (Å²) in [4.78, 5) is 24.2. The number of nitrogens with zero attached hydrogens (tertiary/aromatic N) is 1. The number of carboxylic acid groups (broad SMARTS) is 1. The molecule has 1 aliphatic heterocycles. The minimum Gasteiger partial charge on any atom is -0.481 e. The van der Waals surface area contributed by atoms with Crippen molar-refractivity contribution in [3.8, 4) is 0 Å². The Bertz CT molecular complexity index is 322. The molecule has 0 aromatic heterocycles. The molecule has 1 amide bonds. The summed E-state index contributed by atoms with van der Waals surface area (Å²) in [7, 11) is 0. The Morgan fingerprint density at radius 3 is 2.63 bits per heavy atom. The number of carboxylic acids is 1. The van der Waals surface area contributed by atoms with Crippen LogP contribution in [0.2, 0.25) is 0 Å². The highest BCUT2D eigenvalue weighted by Gasteiger charge is 2.27. The van der Waals surface area contributed by atoms with Gasteiger partial charge in [0.2, 0.25) is 0 Å². The van der Waals surface area contributed by atoms with Gasteiger partial charge in [-0.25, -0.2) is 4.79 Å². The standard InChI is InChI=1S/C14H25NO4/c1-14(2,3)19-13(18)15-9-5-7-11(10-15)6-4-8-12(16)17/h11H,4-10H2,1-3H3,(H,16,17). The molecule has 1 atom stereocenters. The smallest absolute Gasteiger partial charge is 0.410 e. The van der Waals surface area contributed by atoms with Crippen LogP contribution in [0.15, 0.2) is 0 Å². The second kappa shape index (κ2) is 6.78. The molecule has 1 fully saturated rings. The SMILES string of the molecule is CC(C)(C)OC(=O)N1CCCC(CCCC(=O)O)C1. The van der Waals surface area contributed by atoms with Crippen molar-refractivity contribution in [2.24, 2.45) is 5.92 Å². The first-order valence-electron chi connectivity index (χ1n) is 6.97. The first-order chi connectivity index (χ1) is 8.78. The van der Waals surface area contributed by atoms with Gasteiger partial charge < -0.3 is 14.7 Å². The molecule has 1 unspecified atom stereocenters. The summed E-state index contributed by atoms with van der Waals surface area (Å²) < 4.78 is 5.36. The number of rotatable bonds is 4. The van der Waals surface area contributed by atoms with Crippen LogP contribution in [-0.2, 0) is 9.53 Å². The van der Waals surface area contributed by atoms with Crippen LogP contribution in [0.1, 0.15) is 52.9 Å². The van der Waals surface area contributed by atoms with Crippen LogP contribution in [0.25, 0.3) is 0 Å². The van der Waals surface area contributed by atoms with E-state index in [1.807, 2.05) is 20.8 Å². The summed E-state index contributed by atoms with van der Waals surface area (Å²) in [6, 6.07) is 0. The molecule has 1 heterocycles. The van der Waals surface area contributed by atoms with Crippen molar-refractivity contribution < 1.29 is 19.4 Å². The maximum Gasteiger partial charge on any atom is 0.410 e. The third-order valence-corrected chi connectivity index (χ3v) is 3.17. The number of carbonyl (C=O) groups is 2. The van der Waals surface area contributed by atoms with Gasteiger partial charge in [0.15, 0.2) is 0 Å². The molecule has 0 saturated carbocycles. The molecule has 1 aliphatic rings. The predicted octanol–water partition coefficient (Wildman–Crippen LogP) is 2.89. The molecule has 1 saturated heterocycles. The number of likely N-dealkylation sites (tertiary alicyclic amines) is 1. The first-order valence-corrected chi connectivity index (χ1v) is 6.97. The summed E-state index contributed by atoms with van der Waals surface area (Å²) in [6.45, 7) is 7.01. The number of carbonyl (C=O) groups excluding carboxylic acids is 1. The fourth-order valence-corrected chi connectivity index (χ4v) is 2.33. The lowest BCUT2D eigenvalue weighted by Gasteiger charge is -2.34. The highest BCUT2D eigenvalue weighted by atomic mass is 16.6. The Kier molecular flexibility index (Phi) is 5.63. The highest BCUT2D eigenvalue weighted by Crippen LogP contribution is 2.23. The zero-order valence-electron chi connectivity index (χ0n) is 12.1. The summed E-state index contributed by atoms with van der Waals surface area (Å²) in [6.07, 6.45) is 3.54. The van der Waals surface area contributed by atoms with Crippen LogP contribution in [0.3, 0.4) is 0 Å². The highest BCUT2D eigenvalue weighted by molar-refractivity contribution is 5.68. The molecule has 5 nitrogen and oxygen atoms in total. The third kappa shape index (κ3) is 6.45. The Morgan fingerprint density at radius 1 is 1.37 bits per heavy atom. The molecule has 0 spiro atoms. The average molecular weight is 271 g/mol. The number of piperidine rings is 1. The molecule has 1 rings (SSSR count). The van der Waals surface area contributed by atoms with E-state index >= 15 is 0 Å². The van der Waals surface area contributed by atoms with E-state index in [0.29, 0.717) is 18.9 Å². The molecule has 0 aromatic rings. The van der Waals surface area contributed by atoms with Crippen molar-refractivity contribution >= 4 is 12.1 Å². The second-order valence-corrected chi connectivity index (χ2v) is 6.22. The van der Waals surface area contributed by atoms with Gasteiger partial charge in [0.25, 0.3) is 0 Å². The molecule has 0 radical (unpaired) electrons. The van der Waals surface area contributed by atoms with E-state index in [2.05, 4.69) is 0 Å². The molecule has 1 N–H and O–H groups in total. The van der Waals surface area contributed by atoms with Crippen LogP contribution in [-0.4, -0.2) is 40.8 Å². The number of amides is 1. The maximum atomic E-state index is 12.0. The quantitative estimate of drug-likeness (QED) is 0.853. The molecule has 0 bridgehead atoms. The molecule has 110 valence electrons. The number of hydrogen-bond acceptors (Lipinski definition) is 3. The van der Waals surface area contributed by atoms with E-state index in [4.69, 9.17) is 9.84 Å². The van der Waals surface area contributed by atoms with Gasteiger partial charge in [-0.15, -0.1) is 0 Å². The Labute approximate surface area is 114 Å². The van der Waals surface area contributed by atoms with Crippen LogP contribution >= 0.6 is 0 Å². The van der Waals surface area contributed by atoms with E-state index in [-0.39, 0.29) is 12.5 Å². The minimum atomic E-state index is -0.750. The predicted molar refractivity (Wildman–Crippen MR) is 72.0 cm³/mol. The largest absolute Gasteiger partial charge is 0.481 e. The molecule has 0 aliphatic carbocycles. The summed E-state index contributed by atoms with van der Waals surface area (Å²) in [5.74, 6) is -0.347. The van der Waals surface area contributed by atoms with Crippen molar-refractivity contribution in [2.45, 2.75) is 58.5 Å². The van der Waals surface area contributed by atoms with E-state index in [0.717, 1.165) is 25.8 Å². The van der Waals surface area contributed by atoms with Gasteiger partial charge in [-0.05, 0) is 52.4 Å². The fourth-order valence-electron chi connectivity index (χ4n) is 2.33. The van der Waals surface area contributed by atoms with E-state index in [1.165, 1.54) is 0 Å². The van der Waals surface area contributed by atoms with Gasteiger partial charge in [0.05, 0.1) is 0 Å². The Morgan fingerprint density at radius 2 is 2.05 bits per heavy atom. The van der Waals surface area contributed by atoms with E-state index < -0.39 is 11.6 Å². The van der Waals surface area contributed by atoms with Gasteiger partial charge in [0, 0.05) is 19.5 Å². The molecule has 19 heavy (non-hydrogen) atoms. The zero-order valence-corrected chi connectivity index (χ0v) is 12.1. The average Bonchev–Trinajstić information content (AvgIpc) is 2.26. The van der Waals surface area contributed by atoms with Crippen molar-refractivity contribution in [2.75, 3.05) is 13.1 Å². The van der Waals surface area contributed by atoms with Gasteiger partial charge in [-0.3, -0.25) is 4.79 Å². The summed E-state index contributed by atoms with van der Waals surface area (Å²) in [5.41, 5.74) is -0.465. The zero-order chi connectivity index (χ0) is 14.5. The Balaban J connectivity index is 2.37. The minimum absolute atomic E-state index is 0.211. The summed E-state index contributed by atoms with van der Waals surface area (Å²) in [5, 5.41) is 8.63. The number of hydrogen-bond donors (Lipinski definition) is 1. The van der Waals surface area contributed by atoms with Crippen LogP contribution < -0.4 is 0 Å². The van der Waals surface area contributed by atoms with Crippen molar-refractivity contribution in [3.05, 3.63) is 0 Å². The lowest BCUT2D eigenvalue weighted by atomic mass is 9.93. The van der Waals surface area contributed by atoms with Crippen molar-refractivity contribution in [1.29, 1.82) is 0 Å². The van der Waals surface area contributed by atoms with Crippen LogP contribution in [0.5, 0.6) is 0 Å². The molecular weight excluding hydrogens is 246 g/mol. The third-order valence-electron chi connectivity index (χ3n) is 3.17. The van der Waals surface area contributed by atoms with Crippen LogP contribution in [0.4, 0.5) is 4.79 Å². The molecule has 5 heteroatoms. The fraction of sp³-hybridized carbons (Fsp3) is 0.857. The maximum absolute atomic E-state index is 12.0. The normalized spacial score (nSPS) is 20.2. The monoisotopic (exact) mass is 271 g/mol. The van der Waals surface area contributed by atoms with E-state index in [9.17, 15) is 9.59 Å². The Hall–Kier alpha value is -1.26.